The summed E-state index contributed by atoms with van der Waals surface area (Å²) in [5, 5.41) is 7.65. The van der Waals surface area contributed by atoms with Gasteiger partial charge in [0.15, 0.2) is 17.3 Å². The van der Waals surface area contributed by atoms with Gasteiger partial charge in [0, 0.05) is 16.5 Å². The van der Waals surface area contributed by atoms with Gasteiger partial charge >= 0.3 is 5.97 Å². The second-order valence-corrected chi connectivity index (χ2v) is 17.6. The molecule has 1 fully saturated rings. The van der Waals surface area contributed by atoms with Crippen LogP contribution in [0.4, 0.5) is 22.0 Å². The summed E-state index contributed by atoms with van der Waals surface area (Å²) in [5.74, 6) is -7.03. The minimum absolute atomic E-state index is 0.0431. The average molecular weight is 825 g/mol. The van der Waals surface area contributed by atoms with E-state index in [-0.39, 0.29) is 52.2 Å². The molecule has 4 aromatic rings. The number of nitrogens with two attached hydrogens (primary N) is 1. The molecule has 1 amide bonds. The molecular weight excluding hydrogens is 787 g/mol. The van der Waals surface area contributed by atoms with E-state index in [1.807, 2.05) is 0 Å². The highest BCUT2D eigenvalue weighted by Crippen LogP contribution is 2.59. The van der Waals surface area contributed by atoms with Crippen molar-refractivity contribution in [1.29, 1.82) is 0 Å². The molecule has 2 aromatic heterocycles. The van der Waals surface area contributed by atoms with Gasteiger partial charge in [0.2, 0.25) is 0 Å². The van der Waals surface area contributed by atoms with Crippen LogP contribution in [0.3, 0.4) is 0 Å². The zero-order valence-electron chi connectivity index (χ0n) is 30.8. The van der Waals surface area contributed by atoms with Gasteiger partial charge in [-0.1, -0.05) is 50.6 Å². The Morgan fingerprint density at radius 3 is 2.34 bits per heavy atom. The average Bonchev–Trinajstić information content (AvgIpc) is 3.40. The first-order valence-corrected chi connectivity index (χ1v) is 19.4. The van der Waals surface area contributed by atoms with Gasteiger partial charge in [-0.15, -0.1) is 0 Å². The topological polar surface area (TPSA) is 168 Å². The zero-order chi connectivity index (χ0) is 41.2. The molecule has 1 saturated carbocycles. The van der Waals surface area contributed by atoms with Gasteiger partial charge in [0.25, 0.3) is 28.3 Å². The third kappa shape index (κ3) is 7.74. The number of benzene rings is 2. The van der Waals surface area contributed by atoms with Crippen molar-refractivity contribution in [1.82, 2.24) is 28.9 Å². The molecule has 1 aliphatic carbocycles. The number of carbonyl (C=O) groups excluding carboxylic acids is 2. The Balaban J connectivity index is 1.43. The number of ether oxygens (including phenoxy) is 1. The SMILES string of the molecule is CC(C)(C)C[C@]1(c2ccc(-c3cnn(S(C)(=O)=O)c3)cc2F)N=C(N)N([C@H](COC(=O)CC2(C(C)(F)F)CC2)c2ccc(Cl)c(-n3ncnc3C(F)F)c2)C1=O. The maximum absolute atomic E-state index is 16.4. The van der Waals surface area contributed by atoms with Crippen LogP contribution in [-0.2, 0) is 29.9 Å². The molecule has 2 N–H and O–H groups in total. The largest absolute Gasteiger partial charge is 0.463 e. The highest BCUT2D eigenvalue weighted by Gasteiger charge is 2.60. The minimum atomic E-state index is -3.73. The summed E-state index contributed by atoms with van der Waals surface area (Å²) in [4.78, 5) is 37.3. The quantitative estimate of drug-likeness (QED) is 0.116. The van der Waals surface area contributed by atoms with Crippen molar-refractivity contribution in [2.45, 2.75) is 77.3 Å². The number of rotatable bonds is 13. The number of guanidine groups is 1. The number of alkyl halides is 4. The Bertz CT molecular complexity index is 2330. The van der Waals surface area contributed by atoms with Crippen LogP contribution in [0.1, 0.15) is 82.8 Å². The van der Waals surface area contributed by atoms with Gasteiger partial charge in [-0.2, -0.15) is 14.3 Å². The number of amides is 1. The molecule has 2 atom stereocenters. The summed E-state index contributed by atoms with van der Waals surface area (Å²) in [7, 11) is -3.73. The fourth-order valence-corrected chi connectivity index (χ4v) is 7.67. The fraction of sp³-hybridized carbons (Fsp3) is 0.444. The van der Waals surface area contributed by atoms with Crippen LogP contribution in [0, 0.1) is 16.6 Å². The lowest BCUT2D eigenvalue weighted by molar-refractivity contribution is -0.153. The van der Waals surface area contributed by atoms with Crippen molar-refractivity contribution < 1.29 is 44.7 Å². The number of carbonyl (C=O) groups is 2. The second kappa shape index (κ2) is 14.2. The molecule has 6 rings (SSSR count). The van der Waals surface area contributed by atoms with Crippen LogP contribution in [0.5, 0.6) is 0 Å². The first kappa shape index (κ1) is 40.7. The first-order chi connectivity index (χ1) is 26.0. The summed E-state index contributed by atoms with van der Waals surface area (Å²) in [6, 6.07) is 6.59. The van der Waals surface area contributed by atoms with E-state index in [1.165, 1.54) is 42.7 Å². The Morgan fingerprint density at radius 1 is 1.07 bits per heavy atom. The molecule has 0 unspecified atom stereocenters. The molecule has 56 heavy (non-hydrogen) atoms. The van der Waals surface area contributed by atoms with E-state index in [0.29, 0.717) is 0 Å². The third-order valence-electron chi connectivity index (χ3n) is 9.89. The lowest BCUT2D eigenvalue weighted by atomic mass is 9.75. The highest BCUT2D eigenvalue weighted by molar-refractivity contribution is 7.89. The third-order valence-corrected chi connectivity index (χ3v) is 11.1. The second-order valence-electron chi connectivity index (χ2n) is 15.4. The molecule has 300 valence electrons. The molecule has 0 bridgehead atoms. The molecule has 0 radical (unpaired) electrons. The smallest absolute Gasteiger partial charge is 0.306 e. The Labute approximate surface area is 323 Å². The zero-order valence-corrected chi connectivity index (χ0v) is 32.4. The van der Waals surface area contributed by atoms with E-state index >= 15 is 4.39 Å². The monoisotopic (exact) mass is 824 g/mol. The maximum atomic E-state index is 16.4. The molecule has 2 aromatic carbocycles. The standard InChI is InChI=1S/C36H38ClF5N8O5S/c1-33(2,3)18-36(23-8-6-20(12-25(23)38)22-15-45-48(16-22)56(5,53)54)31(52)49(32(43)47-36)27(17-55-28(51)14-35(10-11-35)34(4,41)42)21-7-9-24(37)26(13-21)50-30(29(39)40)44-19-46-50/h6-9,12-13,15-16,19,27,29H,10-11,14,17-18H2,1-5H3,(H2,43,47)/t27-,36-/m1/s1. The number of aliphatic imine (C=N–C) groups is 1. The Kier molecular flexibility index (Phi) is 10.4. The summed E-state index contributed by atoms with van der Waals surface area (Å²) in [5.41, 5.74) is 2.62. The van der Waals surface area contributed by atoms with Crippen LogP contribution < -0.4 is 5.73 Å². The summed E-state index contributed by atoms with van der Waals surface area (Å²) in [6.45, 7) is 5.45. The summed E-state index contributed by atoms with van der Waals surface area (Å²) in [6.07, 6.45) is 0.725. The van der Waals surface area contributed by atoms with E-state index in [9.17, 15) is 35.6 Å². The van der Waals surface area contributed by atoms with Crippen LogP contribution in [-0.4, -0.2) is 73.9 Å². The minimum Gasteiger partial charge on any atom is -0.463 e. The summed E-state index contributed by atoms with van der Waals surface area (Å²) >= 11 is 6.44. The van der Waals surface area contributed by atoms with Gasteiger partial charge in [0.05, 0.1) is 41.8 Å². The maximum Gasteiger partial charge on any atom is 0.306 e. The van der Waals surface area contributed by atoms with E-state index < -0.39 is 87.3 Å². The van der Waals surface area contributed by atoms with Crippen molar-refractivity contribution in [2.75, 3.05) is 12.9 Å². The van der Waals surface area contributed by atoms with Crippen LogP contribution >= 0.6 is 11.6 Å². The van der Waals surface area contributed by atoms with Crippen molar-refractivity contribution >= 4 is 39.5 Å². The molecule has 0 spiro atoms. The molecule has 0 saturated heterocycles. The number of hydrogen-bond donors (Lipinski definition) is 1. The number of halogens is 6. The molecular formula is C36H38ClF5N8O5S. The Hall–Kier alpha value is -4.91. The van der Waals surface area contributed by atoms with E-state index in [2.05, 4.69) is 20.2 Å². The highest BCUT2D eigenvalue weighted by atomic mass is 35.5. The van der Waals surface area contributed by atoms with Crippen LogP contribution in [0.15, 0.2) is 60.1 Å². The van der Waals surface area contributed by atoms with Crippen molar-refractivity contribution in [3.8, 4) is 16.8 Å². The number of aromatic nitrogens is 5. The number of hydrogen-bond acceptors (Lipinski definition) is 10. The molecule has 1 aliphatic heterocycles. The summed E-state index contributed by atoms with van der Waals surface area (Å²) < 4.78 is 104. The van der Waals surface area contributed by atoms with E-state index in [0.717, 1.165) is 39.2 Å². The first-order valence-electron chi connectivity index (χ1n) is 17.2. The van der Waals surface area contributed by atoms with Crippen LogP contribution in [0.25, 0.3) is 16.8 Å². The van der Waals surface area contributed by atoms with E-state index in [4.69, 9.17) is 22.1 Å². The predicted molar refractivity (Wildman–Crippen MR) is 194 cm³/mol. The Morgan fingerprint density at radius 2 is 1.77 bits per heavy atom. The van der Waals surface area contributed by atoms with Crippen molar-refractivity contribution in [2.24, 2.45) is 21.6 Å². The van der Waals surface area contributed by atoms with Crippen molar-refractivity contribution in [3.63, 3.8) is 0 Å². The van der Waals surface area contributed by atoms with Gasteiger partial charge in [-0.3, -0.25) is 14.5 Å². The van der Waals surface area contributed by atoms with Crippen LogP contribution in [0.2, 0.25) is 5.02 Å². The van der Waals surface area contributed by atoms with Gasteiger partial charge in [-0.25, -0.2) is 45.0 Å². The van der Waals surface area contributed by atoms with Gasteiger partial charge in [-0.05, 0) is 60.9 Å². The van der Waals surface area contributed by atoms with Crippen molar-refractivity contribution in [3.05, 3.63) is 82.9 Å². The lowest BCUT2D eigenvalue weighted by Crippen LogP contribution is -2.47. The van der Waals surface area contributed by atoms with Gasteiger partial charge < -0.3 is 10.5 Å². The van der Waals surface area contributed by atoms with E-state index in [1.54, 1.807) is 20.8 Å². The van der Waals surface area contributed by atoms with Gasteiger partial charge in [0.1, 0.15) is 18.8 Å². The fourth-order valence-electron chi connectivity index (χ4n) is 6.95. The lowest BCUT2D eigenvalue weighted by Gasteiger charge is -2.35. The number of nitrogens with zero attached hydrogens (tertiary/aromatic N) is 7. The molecule has 13 nitrogen and oxygen atoms in total. The molecule has 3 heterocycles. The number of esters is 1. The predicted octanol–water partition coefficient (Wildman–Crippen LogP) is 6.57. The molecule has 20 heteroatoms. The normalized spacial score (nSPS) is 19.0. The molecule has 2 aliphatic rings.